The topological polar surface area (TPSA) is 41.1 Å². The largest absolute Gasteiger partial charge is 0.370 e. The summed E-state index contributed by atoms with van der Waals surface area (Å²) in [5, 5.41) is 6.27. The normalized spacial score (nSPS) is 15.1. The first-order chi connectivity index (χ1) is 11.0. The van der Waals surface area contributed by atoms with Gasteiger partial charge in [0.2, 0.25) is 5.91 Å². The summed E-state index contributed by atoms with van der Waals surface area (Å²) in [5.74, 6) is -0.394. The smallest absolute Gasteiger partial charge is 0.247 e. The van der Waals surface area contributed by atoms with Crippen molar-refractivity contribution in [3.8, 4) is 0 Å². The monoisotopic (exact) mass is 376 g/mol. The Morgan fingerprint density at radius 3 is 2.52 bits per heavy atom. The summed E-state index contributed by atoms with van der Waals surface area (Å²) in [6, 6.07) is 11.6. The van der Waals surface area contributed by atoms with Crippen LogP contribution in [0.25, 0.3) is 0 Å². The van der Waals surface area contributed by atoms with Crippen LogP contribution < -0.4 is 10.6 Å². The molecule has 1 aliphatic rings. The van der Waals surface area contributed by atoms with Crippen molar-refractivity contribution < 1.29 is 9.18 Å². The van der Waals surface area contributed by atoms with Crippen molar-refractivity contribution in [2.75, 3.05) is 5.32 Å². The molecule has 0 saturated heterocycles. The van der Waals surface area contributed by atoms with Gasteiger partial charge in [0.1, 0.15) is 11.9 Å². The van der Waals surface area contributed by atoms with Crippen molar-refractivity contribution in [1.29, 1.82) is 0 Å². The van der Waals surface area contributed by atoms with Gasteiger partial charge in [-0.2, -0.15) is 0 Å². The molecule has 2 aromatic rings. The molecule has 23 heavy (non-hydrogen) atoms. The molecule has 0 radical (unpaired) electrons. The van der Waals surface area contributed by atoms with Gasteiger partial charge in [0.25, 0.3) is 0 Å². The first-order valence-corrected chi connectivity index (χ1v) is 8.41. The Balaban J connectivity index is 1.85. The lowest BCUT2D eigenvalue weighted by Crippen LogP contribution is -2.34. The lowest BCUT2D eigenvalue weighted by molar-refractivity contribution is -0.122. The van der Waals surface area contributed by atoms with Crippen molar-refractivity contribution in [2.24, 2.45) is 0 Å². The van der Waals surface area contributed by atoms with Gasteiger partial charge in [0.05, 0.1) is 0 Å². The van der Waals surface area contributed by atoms with Crippen LogP contribution in [-0.4, -0.2) is 11.9 Å². The molecule has 0 spiro atoms. The van der Waals surface area contributed by atoms with E-state index in [1.54, 1.807) is 12.1 Å². The molecule has 0 bridgehead atoms. The highest BCUT2D eigenvalue weighted by Gasteiger charge is 2.28. The number of halogens is 2. The molecule has 3 nitrogen and oxygen atoms in total. The summed E-state index contributed by atoms with van der Waals surface area (Å²) >= 11 is 3.47. The van der Waals surface area contributed by atoms with E-state index in [2.05, 4.69) is 26.6 Å². The molecule has 1 amide bonds. The van der Waals surface area contributed by atoms with E-state index in [-0.39, 0.29) is 17.8 Å². The van der Waals surface area contributed by atoms with E-state index in [0.717, 1.165) is 34.1 Å². The van der Waals surface area contributed by atoms with Crippen LogP contribution in [0.5, 0.6) is 0 Å². The van der Waals surface area contributed by atoms with Crippen LogP contribution in [0.2, 0.25) is 0 Å². The number of amides is 1. The van der Waals surface area contributed by atoms with E-state index in [1.165, 1.54) is 12.1 Å². The number of benzene rings is 2. The minimum Gasteiger partial charge on any atom is -0.370 e. The molecular formula is C18H18BrFN2O. The average molecular weight is 377 g/mol. The molecule has 5 heteroatoms. The third kappa shape index (κ3) is 4.10. The van der Waals surface area contributed by atoms with Crippen LogP contribution in [0, 0.1) is 12.7 Å². The lowest BCUT2D eigenvalue weighted by atomic mass is 10.1. The average Bonchev–Trinajstić information content (AvgIpc) is 3.33. The van der Waals surface area contributed by atoms with E-state index in [4.69, 9.17) is 0 Å². The zero-order chi connectivity index (χ0) is 16.4. The van der Waals surface area contributed by atoms with Crippen LogP contribution in [0.3, 0.4) is 0 Å². The molecule has 1 atom stereocenters. The molecule has 2 aromatic carbocycles. The summed E-state index contributed by atoms with van der Waals surface area (Å²) in [6.07, 6.45) is 2.05. The molecule has 0 unspecified atom stereocenters. The number of nitrogens with one attached hydrogen (secondary N) is 2. The van der Waals surface area contributed by atoms with Gasteiger partial charge in [-0.1, -0.05) is 28.1 Å². The van der Waals surface area contributed by atoms with Gasteiger partial charge in [0, 0.05) is 16.2 Å². The standard InChI is InChI=1S/C18H18BrFN2O/c1-11-10-15(8-9-16(11)19)21-17(18(23)22-14-6-7-14)12-2-4-13(20)5-3-12/h2-5,8-10,14,17,21H,6-7H2,1H3,(H,22,23)/t17-/m1/s1. The number of aryl methyl sites for hydroxylation is 1. The fourth-order valence-corrected chi connectivity index (χ4v) is 2.62. The van der Waals surface area contributed by atoms with E-state index < -0.39 is 6.04 Å². The molecule has 0 aromatic heterocycles. The molecule has 0 aliphatic heterocycles. The van der Waals surface area contributed by atoms with Crippen molar-refractivity contribution in [3.05, 3.63) is 63.9 Å². The zero-order valence-electron chi connectivity index (χ0n) is 12.8. The van der Waals surface area contributed by atoms with Gasteiger partial charge in [-0.3, -0.25) is 4.79 Å². The predicted molar refractivity (Wildman–Crippen MR) is 92.8 cm³/mol. The first-order valence-electron chi connectivity index (χ1n) is 7.61. The summed E-state index contributed by atoms with van der Waals surface area (Å²) < 4.78 is 14.2. The highest BCUT2D eigenvalue weighted by atomic mass is 79.9. The molecule has 1 fully saturated rings. The summed E-state index contributed by atoms with van der Waals surface area (Å²) in [5.41, 5.74) is 2.67. The number of hydrogen-bond acceptors (Lipinski definition) is 2. The number of carbonyl (C=O) groups is 1. The van der Waals surface area contributed by atoms with Gasteiger partial charge in [-0.05, 0) is 61.2 Å². The Kier molecular flexibility index (Phi) is 4.66. The number of hydrogen-bond donors (Lipinski definition) is 2. The molecule has 0 heterocycles. The van der Waals surface area contributed by atoms with Gasteiger partial charge >= 0.3 is 0 Å². The van der Waals surface area contributed by atoms with E-state index in [9.17, 15) is 9.18 Å². The summed E-state index contributed by atoms with van der Waals surface area (Å²) in [6.45, 7) is 1.99. The molecule has 1 aliphatic carbocycles. The van der Waals surface area contributed by atoms with Crippen LogP contribution in [0.1, 0.15) is 30.0 Å². The van der Waals surface area contributed by atoms with Crippen molar-refractivity contribution >= 4 is 27.5 Å². The number of carbonyl (C=O) groups excluding carboxylic acids is 1. The Labute approximate surface area is 143 Å². The maximum Gasteiger partial charge on any atom is 0.247 e. The number of rotatable bonds is 5. The van der Waals surface area contributed by atoms with Gasteiger partial charge in [0.15, 0.2) is 0 Å². The van der Waals surface area contributed by atoms with Gasteiger partial charge in [-0.15, -0.1) is 0 Å². The van der Waals surface area contributed by atoms with Crippen molar-refractivity contribution in [2.45, 2.75) is 31.8 Å². The summed E-state index contributed by atoms with van der Waals surface area (Å²) in [7, 11) is 0. The molecule has 1 saturated carbocycles. The van der Waals surface area contributed by atoms with Crippen LogP contribution in [-0.2, 0) is 4.79 Å². The quantitative estimate of drug-likeness (QED) is 0.815. The van der Waals surface area contributed by atoms with Crippen LogP contribution in [0.4, 0.5) is 10.1 Å². The van der Waals surface area contributed by atoms with Crippen LogP contribution in [0.15, 0.2) is 46.9 Å². The van der Waals surface area contributed by atoms with Gasteiger partial charge in [-0.25, -0.2) is 4.39 Å². The fourth-order valence-electron chi connectivity index (χ4n) is 2.37. The maximum atomic E-state index is 13.2. The number of anilines is 1. The van der Waals surface area contributed by atoms with Gasteiger partial charge < -0.3 is 10.6 Å². The zero-order valence-corrected chi connectivity index (χ0v) is 14.4. The Morgan fingerprint density at radius 2 is 1.91 bits per heavy atom. The first kappa shape index (κ1) is 16.0. The van der Waals surface area contributed by atoms with E-state index in [1.807, 2.05) is 25.1 Å². The third-order valence-corrected chi connectivity index (χ3v) is 4.75. The highest BCUT2D eigenvalue weighted by molar-refractivity contribution is 9.10. The van der Waals surface area contributed by atoms with E-state index >= 15 is 0 Å². The predicted octanol–water partition coefficient (Wildman–Crippen LogP) is 4.33. The Morgan fingerprint density at radius 1 is 1.22 bits per heavy atom. The second-order valence-corrected chi connectivity index (χ2v) is 6.73. The van der Waals surface area contributed by atoms with E-state index in [0.29, 0.717) is 0 Å². The molecule has 3 rings (SSSR count). The fraction of sp³-hybridized carbons (Fsp3) is 0.278. The summed E-state index contributed by atoms with van der Waals surface area (Å²) in [4.78, 5) is 12.6. The SMILES string of the molecule is Cc1cc(N[C@@H](C(=O)NC2CC2)c2ccc(F)cc2)ccc1Br. The second-order valence-electron chi connectivity index (χ2n) is 5.88. The minimum absolute atomic E-state index is 0.0836. The minimum atomic E-state index is -0.545. The molecular weight excluding hydrogens is 359 g/mol. The molecule has 2 N–H and O–H groups in total. The maximum absolute atomic E-state index is 13.2. The molecule has 120 valence electrons. The van der Waals surface area contributed by atoms with Crippen molar-refractivity contribution in [1.82, 2.24) is 5.32 Å². The lowest BCUT2D eigenvalue weighted by Gasteiger charge is -2.20. The highest BCUT2D eigenvalue weighted by Crippen LogP contribution is 2.26. The second kappa shape index (κ2) is 6.71. The third-order valence-electron chi connectivity index (χ3n) is 3.86. The Bertz CT molecular complexity index is 713. The van der Waals surface area contributed by atoms with Crippen LogP contribution >= 0.6 is 15.9 Å². The Hall–Kier alpha value is -1.88. The van der Waals surface area contributed by atoms with Crippen molar-refractivity contribution in [3.63, 3.8) is 0 Å².